The van der Waals surface area contributed by atoms with E-state index in [1.54, 1.807) is 23.1 Å². The van der Waals surface area contributed by atoms with Crippen molar-refractivity contribution in [3.05, 3.63) is 77.1 Å². The molecule has 1 amide bonds. The zero-order valence-corrected chi connectivity index (χ0v) is 13.7. The molecule has 0 aliphatic carbocycles. The molecule has 0 spiro atoms. The average molecular weight is 334 g/mol. The Balaban J connectivity index is 1.50. The molecule has 126 valence electrons. The highest BCUT2D eigenvalue weighted by atomic mass is 16.4. The molecule has 0 atom stereocenters. The maximum Gasteiger partial charge on any atom is 0.272 e. The van der Waals surface area contributed by atoms with Crippen LogP contribution in [0.1, 0.15) is 33.4 Å². The van der Waals surface area contributed by atoms with Gasteiger partial charge in [-0.15, -0.1) is 0 Å². The van der Waals surface area contributed by atoms with E-state index < -0.39 is 0 Å². The van der Waals surface area contributed by atoms with Crippen molar-refractivity contribution in [2.24, 2.45) is 0 Å². The largest absolute Gasteiger partial charge is 0.445 e. The van der Waals surface area contributed by atoms with Gasteiger partial charge in [-0.05, 0) is 17.7 Å². The molecular formula is C19H18N4O2. The number of hydrogen-bond donors (Lipinski definition) is 1. The molecule has 1 aliphatic rings. The number of oxazole rings is 1. The molecule has 0 radical (unpaired) electrons. The van der Waals surface area contributed by atoms with E-state index >= 15 is 0 Å². The predicted molar refractivity (Wildman–Crippen MR) is 92.8 cm³/mol. The van der Waals surface area contributed by atoms with Gasteiger partial charge in [0.2, 0.25) is 0 Å². The quantitative estimate of drug-likeness (QED) is 0.795. The second kappa shape index (κ2) is 6.39. The van der Waals surface area contributed by atoms with E-state index in [1.807, 2.05) is 30.3 Å². The number of nitrogens with zero attached hydrogens (tertiary/aromatic N) is 3. The number of carbonyl (C=O) groups excluding carboxylic acids is 1. The Bertz CT molecular complexity index is 905. The van der Waals surface area contributed by atoms with Crippen LogP contribution in [-0.4, -0.2) is 27.3 Å². The van der Waals surface area contributed by atoms with Crippen molar-refractivity contribution in [3.8, 4) is 0 Å². The number of carbonyl (C=O) groups is 1. The Labute approximate surface area is 145 Å². The standard InChI is InChI=1S/C19H18N4O2/c20-17-8-4-7-14(21-17)19(24)23-10-9-16-15(12-23)22-18(25-16)11-13-5-2-1-3-6-13/h1-8H,9-12H2,(H2,20,21). The maximum atomic E-state index is 12.6. The zero-order chi connectivity index (χ0) is 17.2. The molecule has 0 saturated carbocycles. The highest BCUT2D eigenvalue weighted by Gasteiger charge is 2.26. The summed E-state index contributed by atoms with van der Waals surface area (Å²) in [6.45, 7) is 1.02. The first kappa shape index (κ1) is 15.4. The Kier molecular flexibility index (Phi) is 3.93. The van der Waals surface area contributed by atoms with Crippen LogP contribution in [0.4, 0.5) is 5.82 Å². The number of nitrogens with two attached hydrogens (primary N) is 1. The molecule has 3 aromatic rings. The van der Waals surface area contributed by atoms with Gasteiger partial charge in [0, 0.05) is 19.4 Å². The van der Waals surface area contributed by atoms with Crippen molar-refractivity contribution in [3.63, 3.8) is 0 Å². The number of aromatic nitrogens is 2. The lowest BCUT2D eigenvalue weighted by molar-refractivity contribution is 0.0722. The predicted octanol–water partition coefficient (Wildman–Crippen LogP) is 2.44. The fourth-order valence-corrected chi connectivity index (χ4v) is 3.00. The van der Waals surface area contributed by atoms with Gasteiger partial charge in [-0.1, -0.05) is 36.4 Å². The molecule has 0 bridgehead atoms. The van der Waals surface area contributed by atoms with Crippen LogP contribution in [0.2, 0.25) is 0 Å². The molecule has 2 N–H and O–H groups in total. The number of benzene rings is 1. The minimum absolute atomic E-state index is 0.134. The lowest BCUT2D eigenvalue weighted by Crippen LogP contribution is -2.36. The molecule has 25 heavy (non-hydrogen) atoms. The lowest BCUT2D eigenvalue weighted by Gasteiger charge is -2.25. The normalized spacial score (nSPS) is 13.5. The van der Waals surface area contributed by atoms with Crippen molar-refractivity contribution in [1.82, 2.24) is 14.9 Å². The third kappa shape index (κ3) is 3.24. The number of anilines is 1. The van der Waals surface area contributed by atoms with E-state index in [9.17, 15) is 4.79 Å². The van der Waals surface area contributed by atoms with E-state index in [-0.39, 0.29) is 5.91 Å². The van der Waals surface area contributed by atoms with Crippen molar-refractivity contribution in [2.45, 2.75) is 19.4 Å². The van der Waals surface area contributed by atoms with Gasteiger partial charge < -0.3 is 15.1 Å². The van der Waals surface area contributed by atoms with E-state index in [1.165, 1.54) is 0 Å². The van der Waals surface area contributed by atoms with Crippen LogP contribution in [0.3, 0.4) is 0 Å². The van der Waals surface area contributed by atoms with E-state index in [4.69, 9.17) is 10.2 Å². The summed E-state index contributed by atoms with van der Waals surface area (Å²) in [6, 6.07) is 15.1. The van der Waals surface area contributed by atoms with Crippen molar-refractivity contribution < 1.29 is 9.21 Å². The topological polar surface area (TPSA) is 85.3 Å². The Hall–Kier alpha value is -3.15. The fraction of sp³-hybridized carbons (Fsp3) is 0.211. The SMILES string of the molecule is Nc1cccc(C(=O)N2CCc3oc(Cc4ccccc4)nc3C2)n1. The summed E-state index contributed by atoms with van der Waals surface area (Å²) < 4.78 is 5.88. The van der Waals surface area contributed by atoms with Gasteiger partial charge in [0.1, 0.15) is 23.0 Å². The summed E-state index contributed by atoms with van der Waals surface area (Å²) >= 11 is 0. The monoisotopic (exact) mass is 334 g/mol. The summed E-state index contributed by atoms with van der Waals surface area (Å²) in [4.78, 5) is 23.0. The molecule has 0 unspecified atom stereocenters. The minimum Gasteiger partial charge on any atom is -0.445 e. The summed E-state index contributed by atoms with van der Waals surface area (Å²) in [7, 11) is 0. The maximum absolute atomic E-state index is 12.6. The zero-order valence-electron chi connectivity index (χ0n) is 13.7. The van der Waals surface area contributed by atoms with Gasteiger partial charge in [0.05, 0.1) is 6.54 Å². The molecule has 0 saturated heterocycles. The summed E-state index contributed by atoms with van der Waals surface area (Å²) in [5, 5.41) is 0. The number of nitrogen functional groups attached to an aromatic ring is 1. The highest BCUT2D eigenvalue weighted by molar-refractivity contribution is 5.92. The fourth-order valence-electron chi connectivity index (χ4n) is 3.00. The Morgan fingerprint density at radius 2 is 1.96 bits per heavy atom. The van der Waals surface area contributed by atoms with E-state index in [0.29, 0.717) is 43.3 Å². The number of rotatable bonds is 3. The Morgan fingerprint density at radius 3 is 2.76 bits per heavy atom. The van der Waals surface area contributed by atoms with Crippen LogP contribution in [0.25, 0.3) is 0 Å². The highest BCUT2D eigenvalue weighted by Crippen LogP contribution is 2.22. The number of hydrogen-bond acceptors (Lipinski definition) is 5. The molecular weight excluding hydrogens is 316 g/mol. The van der Waals surface area contributed by atoms with Crippen LogP contribution < -0.4 is 5.73 Å². The van der Waals surface area contributed by atoms with Crippen LogP contribution >= 0.6 is 0 Å². The number of fused-ring (bicyclic) bond motifs is 1. The molecule has 3 heterocycles. The van der Waals surface area contributed by atoms with Gasteiger partial charge in [-0.2, -0.15) is 0 Å². The van der Waals surface area contributed by atoms with Crippen LogP contribution in [-0.2, 0) is 19.4 Å². The first-order chi connectivity index (χ1) is 12.2. The molecule has 2 aromatic heterocycles. The lowest BCUT2D eigenvalue weighted by atomic mass is 10.1. The third-order valence-electron chi connectivity index (χ3n) is 4.25. The smallest absolute Gasteiger partial charge is 0.272 e. The molecule has 4 rings (SSSR count). The Morgan fingerprint density at radius 1 is 1.12 bits per heavy atom. The van der Waals surface area contributed by atoms with Gasteiger partial charge in [-0.25, -0.2) is 9.97 Å². The number of pyridine rings is 1. The van der Waals surface area contributed by atoms with Gasteiger partial charge in [0.15, 0.2) is 5.89 Å². The molecule has 6 heteroatoms. The van der Waals surface area contributed by atoms with Crippen molar-refractivity contribution >= 4 is 11.7 Å². The van der Waals surface area contributed by atoms with Crippen LogP contribution in [0, 0.1) is 0 Å². The summed E-state index contributed by atoms with van der Waals surface area (Å²) in [5.74, 6) is 1.77. The molecule has 1 aliphatic heterocycles. The minimum atomic E-state index is -0.134. The third-order valence-corrected chi connectivity index (χ3v) is 4.25. The second-order valence-electron chi connectivity index (χ2n) is 6.06. The van der Waals surface area contributed by atoms with Crippen molar-refractivity contribution in [1.29, 1.82) is 0 Å². The number of amides is 1. The van der Waals surface area contributed by atoms with Gasteiger partial charge in [-0.3, -0.25) is 4.79 Å². The van der Waals surface area contributed by atoms with E-state index in [2.05, 4.69) is 9.97 Å². The van der Waals surface area contributed by atoms with E-state index in [0.717, 1.165) is 17.0 Å². The summed E-state index contributed by atoms with van der Waals surface area (Å²) in [5.41, 5.74) is 8.01. The first-order valence-corrected chi connectivity index (χ1v) is 8.22. The molecule has 0 fully saturated rings. The second-order valence-corrected chi connectivity index (χ2v) is 6.06. The summed E-state index contributed by atoms with van der Waals surface area (Å²) in [6.07, 6.45) is 1.31. The average Bonchev–Trinajstić information content (AvgIpc) is 3.03. The molecule has 1 aromatic carbocycles. The van der Waals surface area contributed by atoms with Crippen molar-refractivity contribution in [2.75, 3.05) is 12.3 Å². The van der Waals surface area contributed by atoms with Gasteiger partial charge in [0.25, 0.3) is 5.91 Å². The van der Waals surface area contributed by atoms with Crippen LogP contribution in [0.5, 0.6) is 0 Å². The first-order valence-electron chi connectivity index (χ1n) is 8.22. The van der Waals surface area contributed by atoms with Gasteiger partial charge >= 0.3 is 0 Å². The molecule has 6 nitrogen and oxygen atoms in total. The van der Waals surface area contributed by atoms with Crippen LogP contribution in [0.15, 0.2) is 52.9 Å².